The van der Waals surface area contributed by atoms with Crippen molar-refractivity contribution in [2.24, 2.45) is 0 Å². The van der Waals surface area contributed by atoms with Crippen LogP contribution in [-0.4, -0.2) is 11.0 Å². The molecule has 1 aromatic heterocycles. The van der Waals surface area contributed by atoms with E-state index < -0.39 is 5.97 Å². The van der Waals surface area contributed by atoms with Crippen molar-refractivity contribution in [2.75, 3.05) is 0 Å². The Morgan fingerprint density at radius 2 is 2.13 bits per heavy atom. The van der Waals surface area contributed by atoms with Crippen molar-refractivity contribution in [1.29, 1.82) is 0 Å². The average Bonchev–Trinajstić information content (AvgIpc) is 2.56. The normalized spacial score (nSPS) is 10.2. The first kappa shape index (κ1) is 16.4. The first-order valence-electron chi connectivity index (χ1n) is 6.76. The van der Waals surface area contributed by atoms with Gasteiger partial charge >= 0.3 is 5.97 Å². The molecule has 0 amide bonds. The number of nitrogens with zero attached hydrogens (tertiary/aromatic N) is 1. The predicted octanol–water partition coefficient (Wildman–Crippen LogP) is 3.99. The van der Waals surface area contributed by atoms with E-state index in [9.17, 15) is 4.79 Å². The van der Waals surface area contributed by atoms with Crippen molar-refractivity contribution in [2.45, 2.75) is 6.92 Å². The summed E-state index contributed by atoms with van der Waals surface area (Å²) in [5, 5.41) is 1.25. The molecule has 0 N–H and O–H groups in total. The fourth-order valence-electron chi connectivity index (χ4n) is 1.68. The van der Waals surface area contributed by atoms with Gasteiger partial charge in [0.05, 0.1) is 5.52 Å². The first-order valence-corrected chi connectivity index (χ1v) is 7.14. The lowest BCUT2D eigenvalue weighted by molar-refractivity contribution is -0.131. The van der Waals surface area contributed by atoms with E-state index in [0.717, 1.165) is 10.9 Å². The summed E-state index contributed by atoms with van der Waals surface area (Å²) in [6.07, 6.45) is 8.42. The van der Waals surface area contributed by atoms with Crippen molar-refractivity contribution < 1.29 is 9.53 Å². The van der Waals surface area contributed by atoms with Crippen LogP contribution in [0.25, 0.3) is 17.0 Å². The predicted molar refractivity (Wildman–Crippen MR) is 92.2 cm³/mol. The molecule has 0 aliphatic heterocycles. The Morgan fingerprint density at radius 3 is 2.96 bits per heavy atom. The molecule has 4 heteroatoms. The van der Waals surface area contributed by atoms with Gasteiger partial charge in [0.1, 0.15) is 11.3 Å². The highest BCUT2D eigenvalue weighted by Gasteiger charge is 2.03. The molecule has 0 atom stereocenters. The maximum absolute atomic E-state index is 11.5. The first-order chi connectivity index (χ1) is 11.2. The number of hydrogen-bond acceptors (Lipinski definition) is 3. The van der Waals surface area contributed by atoms with Crippen LogP contribution in [0.4, 0.5) is 0 Å². The van der Waals surface area contributed by atoms with Gasteiger partial charge in [0.2, 0.25) is 0 Å². The van der Waals surface area contributed by atoms with Crippen LogP contribution >= 0.6 is 11.6 Å². The Morgan fingerprint density at radius 1 is 1.30 bits per heavy atom. The highest BCUT2D eigenvalue weighted by Crippen LogP contribution is 2.21. The molecule has 3 nitrogen and oxygen atoms in total. The number of hydrogen-bond donors (Lipinski definition) is 0. The monoisotopic (exact) mass is 321 g/mol. The highest BCUT2D eigenvalue weighted by atomic mass is 35.5. The standard InChI is InChI=1S/C19H12ClNO2/c1-2-3-4-5-8-13-23-18(22)12-11-16-14-15-9-6-7-10-17(15)21-19(16)20/h2-3,6-7,9-12,14H,1H3. The van der Waals surface area contributed by atoms with E-state index in [1.807, 2.05) is 37.3 Å². The number of esters is 1. The second-order valence-corrected chi connectivity index (χ2v) is 4.67. The van der Waals surface area contributed by atoms with E-state index in [0.29, 0.717) is 10.7 Å². The molecule has 1 aromatic carbocycles. The van der Waals surface area contributed by atoms with Crippen LogP contribution in [0.15, 0.2) is 48.6 Å². The smallest absolute Gasteiger partial charge is 0.344 e. The lowest BCUT2D eigenvalue weighted by Gasteiger charge is -2.01. The van der Waals surface area contributed by atoms with Crippen molar-refractivity contribution in [3.05, 3.63) is 59.3 Å². The molecule has 0 aliphatic carbocycles. The second kappa shape index (κ2) is 8.44. The molecule has 23 heavy (non-hydrogen) atoms. The van der Waals surface area contributed by atoms with Gasteiger partial charge in [-0.3, -0.25) is 0 Å². The summed E-state index contributed by atoms with van der Waals surface area (Å²) >= 11 is 6.09. The van der Waals surface area contributed by atoms with Gasteiger partial charge in [0.15, 0.2) is 0 Å². The van der Waals surface area contributed by atoms with E-state index in [-0.39, 0.29) is 0 Å². The molecule has 112 valence electrons. The maximum Gasteiger partial charge on any atom is 0.344 e. The maximum atomic E-state index is 11.5. The fraction of sp³-hybridized carbons (Fsp3) is 0.0526. The van der Waals surface area contributed by atoms with Crippen molar-refractivity contribution in [3.63, 3.8) is 0 Å². The zero-order valence-electron chi connectivity index (χ0n) is 12.3. The van der Waals surface area contributed by atoms with Crippen LogP contribution < -0.4 is 0 Å². The SMILES string of the molecule is CC=CC#CC#COC(=O)C=Cc1cc2ccccc2nc1Cl. The van der Waals surface area contributed by atoms with E-state index in [4.69, 9.17) is 16.3 Å². The van der Waals surface area contributed by atoms with Gasteiger partial charge in [0.25, 0.3) is 0 Å². The number of ether oxygens (including phenoxy) is 1. The van der Waals surface area contributed by atoms with Crippen LogP contribution in [0.3, 0.4) is 0 Å². The summed E-state index contributed by atoms with van der Waals surface area (Å²) in [6, 6.07) is 9.43. The molecule has 0 fully saturated rings. The molecule has 0 unspecified atom stereocenters. The molecule has 1 heterocycles. The number of carbonyl (C=O) groups is 1. The van der Waals surface area contributed by atoms with Crippen LogP contribution in [0, 0.1) is 23.9 Å². The lowest BCUT2D eigenvalue weighted by Crippen LogP contribution is -1.94. The quantitative estimate of drug-likeness (QED) is 0.363. The minimum Gasteiger partial charge on any atom is -0.368 e. The van der Waals surface area contributed by atoms with E-state index >= 15 is 0 Å². The third-order valence-electron chi connectivity index (χ3n) is 2.69. The largest absolute Gasteiger partial charge is 0.368 e. The molecule has 2 rings (SSSR count). The van der Waals surface area contributed by atoms with Crippen molar-refractivity contribution in [3.8, 4) is 23.9 Å². The number of fused-ring (bicyclic) bond motifs is 1. The summed E-state index contributed by atoms with van der Waals surface area (Å²) < 4.78 is 4.69. The molecule has 0 saturated heterocycles. The van der Waals surface area contributed by atoms with E-state index in [1.165, 1.54) is 12.2 Å². The second-order valence-electron chi connectivity index (χ2n) is 4.31. The molecule has 0 aliphatic rings. The Labute approximate surface area is 139 Å². The van der Waals surface area contributed by atoms with Gasteiger partial charge in [-0.2, -0.15) is 0 Å². The van der Waals surface area contributed by atoms with Crippen LogP contribution in [-0.2, 0) is 9.53 Å². The Kier molecular flexibility index (Phi) is 6.00. The van der Waals surface area contributed by atoms with E-state index in [1.54, 1.807) is 12.2 Å². The zero-order chi connectivity index (χ0) is 16.5. The summed E-state index contributed by atoms with van der Waals surface area (Å²) in [6.45, 7) is 1.85. The Hall–Kier alpha value is -3.01. The van der Waals surface area contributed by atoms with Crippen LogP contribution in [0.1, 0.15) is 12.5 Å². The van der Waals surface area contributed by atoms with Gasteiger partial charge in [-0.05, 0) is 37.1 Å². The van der Waals surface area contributed by atoms with Gasteiger partial charge < -0.3 is 4.74 Å². The highest BCUT2D eigenvalue weighted by molar-refractivity contribution is 6.31. The van der Waals surface area contributed by atoms with Crippen LogP contribution in [0.2, 0.25) is 5.15 Å². The number of pyridine rings is 1. The van der Waals surface area contributed by atoms with Gasteiger partial charge in [-0.1, -0.05) is 41.8 Å². The minimum atomic E-state index is -0.602. The summed E-state index contributed by atoms with van der Waals surface area (Å²) in [4.78, 5) is 15.8. The number of rotatable bonds is 2. The summed E-state index contributed by atoms with van der Waals surface area (Å²) in [7, 11) is 0. The number of allylic oxidation sites excluding steroid dienone is 2. The van der Waals surface area contributed by atoms with E-state index in [2.05, 4.69) is 28.9 Å². The number of aromatic nitrogens is 1. The molecule has 2 aromatic rings. The van der Waals surface area contributed by atoms with Gasteiger partial charge in [0, 0.05) is 22.9 Å². The molecule has 0 radical (unpaired) electrons. The number of carbonyl (C=O) groups excluding carboxylic acids is 1. The van der Waals surface area contributed by atoms with Crippen molar-refractivity contribution in [1.82, 2.24) is 4.98 Å². The number of halogens is 1. The van der Waals surface area contributed by atoms with Crippen molar-refractivity contribution >= 4 is 34.5 Å². The number of para-hydroxylation sites is 1. The third kappa shape index (κ3) is 5.04. The number of benzene rings is 1. The topological polar surface area (TPSA) is 39.2 Å². The molecule has 0 saturated carbocycles. The zero-order valence-corrected chi connectivity index (χ0v) is 13.1. The molecular formula is C19H12ClNO2. The molecule has 0 spiro atoms. The Bertz CT molecular complexity index is 906. The third-order valence-corrected chi connectivity index (χ3v) is 2.99. The van der Waals surface area contributed by atoms with Gasteiger partial charge in [-0.25, -0.2) is 9.78 Å². The minimum absolute atomic E-state index is 0.316. The Balaban J connectivity index is 2.06. The summed E-state index contributed by atoms with van der Waals surface area (Å²) in [5.41, 5.74) is 1.42. The lowest BCUT2D eigenvalue weighted by atomic mass is 10.1. The van der Waals surface area contributed by atoms with Crippen LogP contribution in [0.5, 0.6) is 0 Å². The average molecular weight is 322 g/mol. The fourth-order valence-corrected chi connectivity index (χ4v) is 1.89. The molecular weight excluding hydrogens is 310 g/mol. The summed E-state index contributed by atoms with van der Waals surface area (Å²) in [5.74, 6) is 6.97. The van der Waals surface area contributed by atoms with Gasteiger partial charge in [-0.15, -0.1) is 0 Å². The molecule has 0 bridgehead atoms.